The van der Waals surface area contributed by atoms with E-state index in [2.05, 4.69) is 0 Å². The summed E-state index contributed by atoms with van der Waals surface area (Å²) in [7, 11) is 0. The first-order valence-electron chi connectivity index (χ1n) is 6.09. The van der Waals surface area contributed by atoms with Crippen LogP contribution in [0.25, 0.3) is 0 Å². The highest BCUT2D eigenvalue weighted by molar-refractivity contribution is 5.83. The predicted octanol–water partition coefficient (Wildman–Crippen LogP) is 3.06. The zero-order valence-corrected chi connectivity index (χ0v) is 10.4. The molecule has 2 N–H and O–H groups in total. The van der Waals surface area contributed by atoms with Gasteiger partial charge in [0.05, 0.1) is 5.92 Å². The summed E-state index contributed by atoms with van der Waals surface area (Å²) in [5.74, 6) is -0.489. The van der Waals surface area contributed by atoms with Crippen LogP contribution in [0.4, 0.5) is 0 Å². The molecule has 0 aliphatic carbocycles. The average Bonchev–Trinajstić information content (AvgIpc) is 2.40. The molecular formula is C16H17NO. The Morgan fingerprint density at radius 2 is 1.33 bits per heavy atom. The largest absolute Gasteiger partial charge is 0.369 e. The maximum atomic E-state index is 11.7. The molecule has 18 heavy (non-hydrogen) atoms. The van der Waals surface area contributed by atoms with E-state index in [-0.39, 0.29) is 17.7 Å². The normalized spacial score (nSPS) is 13.8. The first kappa shape index (κ1) is 12.4. The molecule has 2 nitrogen and oxygen atoms in total. The molecule has 2 unspecified atom stereocenters. The molecule has 0 aliphatic rings. The van der Waals surface area contributed by atoms with Gasteiger partial charge in [-0.2, -0.15) is 0 Å². The summed E-state index contributed by atoms with van der Waals surface area (Å²) < 4.78 is 0. The number of primary amides is 1. The van der Waals surface area contributed by atoms with Gasteiger partial charge in [-0.25, -0.2) is 0 Å². The topological polar surface area (TPSA) is 43.1 Å². The Morgan fingerprint density at radius 1 is 0.889 bits per heavy atom. The van der Waals surface area contributed by atoms with E-state index in [4.69, 9.17) is 5.73 Å². The zero-order chi connectivity index (χ0) is 13.0. The summed E-state index contributed by atoms with van der Waals surface area (Å²) >= 11 is 0. The molecule has 92 valence electrons. The standard InChI is InChI=1S/C16H17NO/c1-12(13-8-4-2-5-9-13)15(16(17)18)14-10-6-3-7-11-14/h2-12,15H,1H3,(H2,17,18). The van der Waals surface area contributed by atoms with E-state index >= 15 is 0 Å². The van der Waals surface area contributed by atoms with Crippen LogP contribution in [0.3, 0.4) is 0 Å². The van der Waals surface area contributed by atoms with Gasteiger partial charge in [-0.1, -0.05) is 67.6 Å². The monoisotopic (exact) mass is 239 g/mol. The third-order valence-corrected chi connectivity index (χ3v) is 3.29. The number of amides is 1. The predicted molar refractivity (Wildman–Crippen MR) is 73.2 cm³/mol. The molecule has 2 rings (SSSR count). The molecule has 1 amide bonds. The van der Waals surface area contributed by atoms with Gasteiger partial charge in [0.15, 0.2) is 0 Å². The minimum absolute atomic E-state index is 0.0751. The number of rotatable bonds is 4. The fraction of sp³-hybridized carbons (Fsp3) is 0.188. The Bertz CT molecular complexity index is 507. The molecule has 0 aliphatic heterocycles. The lowest BCUT2D eigenvalue weighted by atomic mass is 9.82. The van der Waals surface area contributed by atoms with Gasteiger partial charge < -0.3 is 5.73 Å². The lowest BCUT2D eigenvalue weighted by Crippen LogP contribution is -2.25. The van der Waals surface area contributed by atoms with Gasteiger partial charge in [0.2, 0.25) is 5.91 Å². The lowest BCUT2D eigenvalue weighted by Gasteiger charge is -2.21. The van der Waals surface area contributed by atoms with Gasteiger partial charge in [0.1, 0.15) is 0 Å². The molecular weight excluding hydrogens is 222 g/mol. The second kappa shape index (κ2) is 5.50. The van der Waals surface area contributed by atoms with Crippen molar-refractivity contribution in [3.63, 3.8) is 0 Å². The fourth-order valence-electron chi connectivity index (χ4n) is 2.31. The summed E-state index contributed by atoms with van der Waals surface area (Å²) in [6, 6.07) is 19.7. The van der Waals surface area contributed by atoms with Gasteiger partial charge >= 0.3 is 0 Å². The fourth-order valence-corrected chi connectivity index (χ4v) is 2.31. The van der Waals surface area contributed by atoms with E-state index in [1.165, 1.54) is 0 Å². The lowest BCUT2D eigenvalue weighted by molar-refractivity contribution is -0.119. The number of carbonyl (C=O) groups is 1. The quantitative estimate of drug-likeness (QED) is 0.875. The van der Waals surface area contributed by atoms with E-state index < -0.39 is 0 Å². The van der Waals surface area contributed by atoms with Crippen LogP contribution in [-0.4, -0.2) is 5.91 Å². The minimum atomic E-state index is -0.284. The Morgan fingerprint density at radius 3 is 1.78 bits per heavy atom. The Hall–Kier alpha value is -2.09. The molecule has 2 atom stereocenters. The van der Waals surface area contributed by atoms with E-state index in [0.717, 1.165) is 11.1 Å². The number of hydrogen-bond acceptors (Lipinski definition) is 1. The number of hydrogen-bond donors (Lipinski definition) is 1. The Labute approximate surface area is 107 Å². The van der Waals surface area contributed by atoms with Gasteiger partial charge in [0.25, 0.3) is 0 Å². The maximum Gasteiger partial charge on any atom is 0.225 e. The van der Waals surface area contributed by atoms with Crippen molar-refractivity contribution in [1.29, 1.82) is 0 Å². The van der Waals surface area contributed by atoms with Crippen molar-refractivity contribution in [3.05, 3.63) is 71.8 Å². The van der Waals surface area contributed by atoms with Crippen molar-refractivity contribution in [1.82, 2.24) is 0 Å². The third kappa shape index (κ3) is 2.59. The van der Waals surface area contributed by atoms with Crippen LogP contribution in [0.1, 0.15) is 29.9 Å². The van der Waals surface area contributed by atoms with Crippen LogP contribution in [0.2, 0.25) is 0 Å². The Kier molecular flexibility index (Phi) is 3.78. The van der Waals surface area contributed by atoms with E-state index in [9.17, 15) is 4.79 Å². The van der Waals surface area contributed by atoms with Crippen LogP contribution in [0.5, 0.6) is 0 Å². The molecule has 0 bridgehead atoms. The summed E-state index contributed by atoms with van der Waals surface area (Å²) in [6.07, 6.45) is 0. The van der Waals surface area contributed by atoms with Crippen LogP contribution in [-0.2, 0) is 4.79 Å². The van der Waals surface area contributed by atoms with Crippen molar-refractivity contribution < 1.29 is 4.79 Å². The molecule has 0 saturated heterocycles. The third-order valence-electron chi connectivity index (χ3n) is 3.29. The van der Waals surface area contributed by atoms with Crippen molar-refractivity contribution in [2.75, 3.05) is 0 Å². The van der Waals surface area contributed by atoms with Gasteiger partial charge in [0, 0.05) is 0 Å². The van der Waals surface area contributed by atoms with Crippen LogP contribution in [0, 0.1) is 0 Å². The molecule has 2 heteroatoms. The van der Waals surface area contributed by atoms with Crippen molar-refractivity contribution in [2.24, 2.45) is 5.73 Å². The second-order valence-electron chi connectivity index (χ2n) is 4.49. The summed E-state index contributed by atoms with van der Waals surface area (Å²) in [5, 5.41) is 0. The molecule has 0 spiro atoms. The molecule has 2 aromatic rings. The van der Waals surface area contributed by atoms with Crippen molar-refractivity contribution >= 4 is 5.91 Å². The van der Waals surface area contributed by atoms with Gasteiger partial charge in [-0.05, 0) is 17.0 Å². The minimum Gasteiger partial charge on any atom is -0.369 e. The van der Waals surface area contributed by atoms with Crippen LogP contribution >= 0.6 is 0 Å². The smallest absolute Gasteiger partial charge is 0.225 e. The molecule has 0 saturated carbocycles. The highest BCUT2D eigenvalue weighted by Gasteiger charge is 2.25. The van der Waals surface area contributed by atoms with E-state index in [0.29, 0.717) is 0 Å². The number of nitrogens with two attached hydrogens (primary N) is 1. The summed E-state index contributed by atoms with van der Waals surface area (Å²) in [5.41, 5.74) is 7.67. The molecule has 0 fully saturated rings. The maximum absolute atomic E-state index is 11.7. The first-order valence-corrected chi connectivity index (χ1v) is 6.09. The van der Waals surface area contributed by atoms with Crippen LogP contribution in [0.15, 0.2) is 60.7 Å². The molecule has 0 radical (unpaired) electrons. The first-order chi connectivity index (χ1) is 8.70. The van der Waals surface area contributed by atoms with Crippen LogP contribution < -0.4 is 5.73 Å². The summed E-state index contributed by atoms with van der Waals surface area (Å²) in [4.78, 5) is 11.7. The second-order valence-corrected chi connectivity index (χ2v) is 4.49. The zero-order valence-electron chi connectivity index (χ0n) is 10.4. The SMILES string of the molecule is CC(c1ccccc1)C(C(N)=O)c1ccccc1. The van der Waals surface area contributed by atoms with E-state index in [1.807, 2.05) is 67.6 Å². The van der Waals surface area contributed by atoms with Crippen molar-refractivity contribution in [2.45, 2.75) is 18.8 Å². The number of carbonyl (C=O) groups excluding carboxylic acids is 1. The van der Waals surface area contributed by atoms with Gasteiger partial charge in [-0.3, -0.25) is 4.79 Å². The van der Waals surface area contributed by atoms with Crippen molar-refractivity contribution in [3.8, 4) is 0 Å². The average molecular weight is 239 g/mol. The summed E-state index contributed by atoms with van der Waals surface area (Å²) in [6.45, 7) is 2.04. The number of benzene rings is 2. The Balaban J connectivity index is 2.35. The molecule has 0 aromatic heterocycles. The van der Waals surface area contributed by atoms with E-state index in [1.54, 1.807) is 0 Å². The molecule has 0 heterocycles. The van der Waals surface area contributed by atoms with Gasteiger partial charge in [-0.15, -0.1) is 0 Å². The highest BCUT2D eigenvalue weighted by atomic mass is 16.1. The molecule has 2 aromatic carbocycles. The highest BCUT2D eigenvalue weighted by Crippen LogP contribution is 2.32.